The van der Waals surface area contributed by atoms with E-state index in [0.29, 0.717) is 25.9 Å². The molecule has 1 saturated heterocycles. The number of aliphatic carboxylic acids is 1. The molecule has 0 saturated carbocycles. The Balaban J connectivity index is 2.01. The molecule has 0 bridgehead atoms. The van der Waals surface area contributed by atoms with Crippen LogP contribution in [-0.4, -0.2) is 47.4 Å². The maximum absolute atomic E-state index is 11.3. The lowest BCUT2D eigenvalue weighted by molar-refractivity contribution is -0.138. The van der Waals surface area contributed by atoms with E-state index in [2.05, 4.69) is 5.32 Å². The van der Waals surface area contributed by atoms with E-state index in [9.17, 15) is 14.4 Å². The van der Waals surface area contributed by atoms with Crippen molar-refractivity contribution in [1.29, 1.82) is 0 Å². The van der Waals surface area contributed by atoms with E-state index in [-0.39, 0.29) is 24.7 Å². The van der Waals surface area contributed by atoms with Crippen LogP contribution in [0.1, 0.15) is 32.1 Å². The van der Waals surface area contributed by atoms with Crippen molar-refractivity contribution in [3.05, 3.63) is 0 Å². The number of nitrogens with one attached hydrogen (secondary N) is 1. The average molecular weight is 242 g/mol. The second-order valence-corrected chi connectivity index (χ2v) is 4.08. The Morgan fingerprint density at radius 3 is 2.71 bits per heavy atom. The third-order valence-corrected chi connectivity index (χ3v) is 2.66. The Morgan fingerprint density at radius 2 is 2.12 bits per heavy atom. The van der Waals surface area contributed by atoms with Gasteiger partial charge in [-0.1, -0.05) is 0 Å². The van der Waals surface area contributed by atoms with Gasteiger partial charge in [0.1, 0.15) is 0 Å². The van der Waals surface area contributed by atoms with Crippen LogP contribution in [0.4, 0.5) is 0 Å². The largest absolute Gasteiger partial charge is 0.481 e. The number of carboxylic acid groups (broad SMARTS) is 1. The van der Waals surface area contributed by atoms with Gasteiger partial charge in [0.05, 0.1) is 6.42 Å². The molecule has 1 rings (SSSR count). The van der Waals surface area contributed by atoms with Gasteiger partial charge in [0.25, 0.3) is 0 Å². The van der Waals surface area contributed by atoms with Crippen LogP contribution in [0.25, 0.3) is 0 Å². The summed E-state index contributed by atoms with van der Waals surface area (Å²) in [5, 5.41) is 11.0. The first kappa shape index (κ1) is 13.5. The summed E-state index contributed by atoms with van der Waals surface area (Å²) in [4.78, 5) is 34.4. The van der Waals surface area contributed by atoms with Crippen LogP contribution in [0.2, 0.25) is 0 Å². The standard InChI is InChI=1S/C11H18N2O4/c14-9(4-5-11(16)17)12-6-2-8-13-7-1-3-10(13)15/h1-8H2,(H,12,14)(H,16,17). The van der Waals surface area contributed by atoms with Gasteiger partial charge in [0.2, 0.25) is 11.8 Å². The molecule has 0 unspecified atom stereocenters. The van der Waals surface area contributed by atoms with Gasteiger partial charge in [0.15, 0.2) is 0 Å². The van der Waals surface area contributed by atoms with Crippen LogP contribution in [-0.2, 0) is 14.4 Å². The third kappa shape index (κ3) is 5.33. The summed E-state index contributed by atoms with van der Waals surface area (Å²) >= 11 is 0. The summed E-state index contributed by atoms with van der Waals surface area (Å²) in [5.74, 6) is -1.04. The zero-order chi connectivity index (χ0) is 12.7. The van der Waals surface area contributed by atoms with E-state index in [1.807, 2.05) is 0 Å². The van der Waals surface area contributed by atoms with Crippen molar-refractivity contribution in [2.75, 3.05) is 19.6 Å². The lowest BCUT2D eigenvalue weighted by Crippen LogP contribution is -2.30. The molecule has 1 heterocycles. The minimum absolute atomic E-state index is 0.0119. The van der Waals surface area contributed by atoms with Crippen molar-refractivity contribution >= 4 is 17.8 Å². The first-order valence-corrected chi connectivity index (χ1v) is 5.86. The summed E-state index contributed by atoms with van der Waals surface area (Å²) in [6.07, 6.45) is 2.13. The number of carbonyl (C=O) groups is 3. The quantitative estimate of drug-likeness (QED) is 0.614. The first-order chi connectivity index (χ1) is 8.09. The molecule has 0 aromatic rings. The fraction of sp³-hybridized carbons (Fsp3) is 0.727. The van der Waals surface area contributed by atoms with Gasteiger partial charge in [-0.15, -0.1) is 0 Å². The molecule has 1 aliphatic heterocycles. The molecule has 2 amide bonds. The Bertz CT molecular complexity index is 304. The molecule has 0 atom stereocenters. The molecule has 1 aliphatic rings. The van der Waals surface area contributed by atoms with Gasteiger partial charge < -0.3 is 15.3 Å². The Labute approximate surface area is 100.0 Å². The topological polar surface area (TPSA) is 86.7 Å². The predicted octanol–water partition coefficient (Wildman–Crippen LogP) is -0.0201. The predicted molar refractivity (Wildman–Crippen MR) is 60.3 cm³/mol. The Morgan fingerprint density at radius 1 is 1.35 bits per heavy atom. The molecular weight excluding hydrogens is 224 g/mol. The highest BCUT2D eigenvalue weighted by molar-refractivity contribution is 5.80. The molecule has 0 aromatic heterocycles. The van der Waals surface area contributed by atoms with Crippen LogP contribution in [0.3, 0.4) is 0 Å². The zero-order valence-electron chi connectivity index (χ0n) is 9.78. The monoisotopic (exact) mass is 242 g/mol. The highest BCUT2D eigenvalue weighted by Crippen LogP contribution is 2.09. The van der Waals surface area contributed by atoms with Gasteiger partial charge in [-0.05, 0) is 12.8 Å². The molecule has 6 heteroatoms. The molecule has 2 N–H and O–H groups in total. The number of likely N-dealkylation sites (tertiary alicyclic amines) is 1. The van der Waals surface area contributed by atoms with Crippen molar-refractivity contribution in [3.8, 4) is 0 Å². The number of carbonyl (C=O) groups excluding carboxylic acids is 2. The second kappa shape index (κ2) is 6.88. The van der Waals surface area contributed by atoms with Crippen LogP contribution in [0.5, 0.6) is 0 Å². The van der Waals surface area contributed by atoms with Crippen molar-refractivity contribution in [1.82, 2.24) is 10.2 Å². The zero-order valence-corrected chi connectivity index (χ0v) is 9.78. The van der Waals surface area contributed by atoms with Gasteiger partial charge in [0, 0.05) is 32.5 Å². The summed E-state index contributed by atoms with van der Waals surface area (Å²) in [7, 11) is 0. The minimum Gasteiger partial charge on any atom is -0.481 e. The summed E-state index contributed by atoms with van der Waals surface area (Å²) in [6.45, 7) is 1.96. The van der Waals surface area contributed by atoms with E-state index >= 15 is 0 Å². The van der Waals surface area contributed by atoms with Crippen molar-refractivity contribution in [2.45, 2.75) is 32.1 Å². The highest BCUT2D eigenvalue weighted by atomic mass is 16.4. The molecule has 0 aromatic carbocycles. The fourth-order valence-corrected chi connectivity index (χ4v) is 1.75. The Kier molecular flexibility index (Phi) is 5.45. The molecule has 1 fully saturated rings. The molecule has 17 heavy (non-hydrogen) atoms. The van der Waals surface area contributed by atoms with E-state index in [4.69, 9.17) is 5.11 Å². The molecule has 0 aliphatic carbocycles. The summed E-state index contributed by atoms with van der Waals surface area (Å²) < 4.78 is 0. The van der Waals surface area contributed by atoms with Gasteiger partial charge in [-0.25, -0.2) is 0 Å². The fourth-order valence-electron chi connectivity index (χ4n) is 1.75. The summed E-state index contributed by atoms with van der Waals surface area (Å²) in [6, 6.07) is 0. The third-order valence-electron chi connectivity index (χ3n) is 2.66. The normalized spacial score (nSPS) is 15.1. The van der Waals surface area contributed by atoms with E-state index in [0.717, 1.165) is 13.0 Å². The maximum atomic E-state index is 11.3. The maximum Gasteiger partial charge on any atom is 0.303 e. The minimum atomic E-state index is -0.970. The van der Waals surface area contributed by atoms with Crippen molar-refractivity contribution < 1.29 is 19.5 Å². The second-order valence-electron chi connectivity index (χ2n) is 4.08. The number of nitrogens with zero attached hydrogens (tertiary/aromatic N) is 1. The highest BCUT2D eigenvalue weighted by Gasteiger charge is 2.18. The number of hydrogen-bond donors (Lipinski definition) is 2. The number of rotatable bonds is 7. The smallest absolute Gasteiger partial charge is 0.303 e. The number of amides is 2. The molecule has 96 valence electrons. The number of hydrogen-bond acceptors (Lipinski definition) is 3. The molecule has 0 spiro atoms. The molecular formula is C11H18N2O4. The van der Waals surface area contributed by atoms with E-state index in [1.54, 1.807) is 4.90 Å². The van der Waals surface area contributed by atoms with Gasteiger partial charge >= 0.3 is 5.97 Å². The Hall–Kier alpha value is -1.59. The van der Waals surface area contributed by atoms with Crippen LogP contribution < -0.4 is 5.32 Å². The van der Waals surface area contributed by atoms with Gasteiger partial charge in [-0.3, -0.25) is 14.4 Å². The summed E-state index contributed by atoms with van der Waals surface area (Å²) in [5.41, 5.74) is 0. The SMILES string of the molecule is O=C(O)CCC(=O)NCCCN1CCCC1=O. The van der Waals surface area contributed by atoms with Crippen molar-refractivity contribution in [3.63, 3.8) is 0 Å². The lowest BCUT2D eigenvalue weighted by Gasteiger charge is -2.15. The van der Waals surface area contributed by atoms with E-state index < -0.39 is 5.97 Å². The van der Waals surface area contributed by atoms with Crippen LogP contribution in [0.15, 0.2) is 0 Å². The average Bonchev–Trinajstić information content (AvgIpc) is 2.68. The van der Waals surface area contributed by atoms with Crippen LogP contribution in [0, 0.1) is 0 Å². The van der Waals surface area contributed by atoms with Gasteiger partial charge in [-0.2, -0.15) is 0 Å². The lowest BCUT2D eigenvalue weighted by atomic mass is 10.3. The number of carboxylic acids is 1. The van der Waals surface area contributed by atoms with E-state index in [1.165, 1.54) is 0 Å². The first-order valence-electron chi connectivity index (χ1n) is 5.86. The molecule has 0 radical (unpaired) electrons. The molecule has 6 nitrogen and oxygen atoms in total. The van der Waals surface area contributed by atoms with Crippen molar-refractivity contribution in [2.24, 2.45) is 0 Å². The van der Waals surface area contributed by atoms with Crippen LogP contribution >= 0.6 is 0 Å².